The molecule has 5 fully saturated rings. The second-order valence-electron chi connectivity index (χ2n) is 14.2. The molecule has 8 rings (SSSR count). The summed E-state index contributed by atoms with van der Waals surface area (Å²) in [4.78, 5) is 39.6. The lowest BCUT2D eigenvalue weighted by molar-refractivity contribution is -0.145. The number of nitrogens with one attached hydrogen (secondary N) is 1. The van der Waals surface area contributed by atoms with E-state index in [0.29, 0.717) is 30.8 Å². The highest BCUT2D eigenvalue weighted by Crippen LogP contribution is 2.60. The number of carbonyl (C=O) groups excluding carboxylic acids is 2. The first-order chi connectivity index (χ1) is 20.7. The summed E-state index contributed by atoms with van der Waals surface area (Å²) in [5.41, 5.74) is 8.00. The van der Waals surface area contributed by atoms with Gasteiger partial charge in [0.2, 0.25) is 5.91 Å². The second-order valence-corrected chi connectivity index (χ2v) is 14.2. The van der Waals surface area contributed by atoms with Crippen LogP contribution in [0.15, 0.2) is 42.6 Å². The van der Waals surface area contributed by atoms with E-state index in [1.165, 1.54) is 0 Å². The monoisotopic (exact) mass is 589 g/mol. The van der Waals surface area contributed by atoms with Crippen molar-refractivity contribution < 1.29 is 14.0 Å². The number of fused-ring (bicyclic) bond motifs is 1. The minimum absolute atomic E-state index is 0.0592. The van der Waals surface area contributed by atoms with Crippen LogP contribution in [0.25, 0.3) is 0 Å². The number of pyridine rings is 1. The highest BCUT2D eigenvalue weighted by atomic mass is 19.1. The lowest BCUT2D eigenvalue weighted by Crippen LogP contribution is -2.63. The number of hydrogen-bond donors (Lipinski definition) is 2. The predicted molar refractivity (Wildman–Crippen MR) is 166 cm³/mol. The molecule has 9 nitrogen and oxygen atoms in total. The molecule has 6 aliphatic rings. The molecule has 3 N–H and O–H groups in total. The molecule has 2 atom stereocenters. The van der Waals surface area contributed by atoms with E-state index in [0.717, 1.165) is 81.2 Å². The van der Waals surface area contributed by atoms with Gasteiger partial charge in [-0.05, 0) is 88.0 Å². The van der Waals surface area contributed by atoms with Crippen LogP contribution >= 0.6 is 0 Å². The highest BCUT2D eigenvalue weighted by Gasteiger charge is 2.58. The van der Waals surface area contributed by atoms with Gasteiger partial charge in [-0.1, -0.05) is 12.1 Å². The third kappa shape index (κ3) is 4.91. The fourth-order valence-electron chi connectivity index (χ4n) is 8.97. The SMILES string of the molecule is CC(C)(CF)N1CCN(c2ccc(N3CCN(C(=O)NC4C5CC6CC4CC(C(N)=O)(C6)C5)c4ccccc43)nc2)CC1. The number of amides is 3. The Morgan fingerprint density at radius 1 is 0.977 bits per heavy atom. The Bertz CT molecular complexity index is 1360. The summed E-state index contributed by atoms with van der Waals surface area (Å²) in [6.45, 7) is 8.09. The first-order valence-corrected chi connectivity index (χ1v) is 15.9. The molecule has 3 heterocycles. The predicted octanol–water partition coefficient (Wildman–Crippen LogP) is 4.30. The molecule has 3 amide bonds. The molecule has 1 saturated heterocycles. The maximum Gasteiger partial charge on any atom is 0.322 e. The lowest BCUT2D eigenvalue weighted by atomic mass is 9.47. The number of halogens is 1. The number of carbonyl (C=O) groups is 2. The van der Waals surface area contributed by atoms with Gasteiger partial charge in [0.15, 0.2) is 0 Å². The van der Waals surface area contributed by atoms with Crippen LogP contribution in [0.4, 0.5) is 32.1 Å². The number of benzene rings is 1. The summed E-state index contributed by atoms with van der Waals surface area (Å²) < 4.78 is 13.5. The number of nitrogens with two attached hydrogens (primary N) is 1. The molecule has 1 aromatic carbocycles. The van der Waals surface area contributed by atoms with Gasteiger partial charge < -0.3 is 20.9 Å². The minimum atomic E-state index is -0.427. The minimum Gasteiger partial charge on any atom is -0.369 e. The quantitative estimate of drug-likeness (QED) is 0.522. The maximum atomic E-state index is 13.8. The number of alkyl halides is 1. The second kappa shape index (κ2) is 10.6. The van der Waals surface area contributed by atoms with E-state index >= 15 is 0 Å². The van der Waals surface area contributed by atoms with Crippen molar-refractivity contribution in [2.24, 2.45) is 28.9 Å². The number of nitrogens with zero attached hydrogens (tertiary/aromatic N) is 5. The molecule has 1 aromatic heterocycles. The number of hydrogen-bond acceptors (Lipinski definition) is 6. The molecule has 2 aliphatic heterocycles. The zero-order valence-corrected chi connectivity index (χ0v) is 25.3. The van der Waals surface area contributed by atoms with Crippen LogP contribution in [0.2, 0.25) is 0 Å². The van der Waals surface area contributed by atoms with Crippen molar-refractivity contribution >= 4 is 34.8 Å². The number of para-hydroxylation sites is 2. The van der Waals surface area contributed by atoms with Gasteiger partial charge in [-0.25, -0.2) is 14.2 Å². The molecule has 4 bridgehead atoms. The summed E-state index contributed by atoms with van der Waals surface area (Å²) in [6, 6.07) is 12.2. The van der Waals surface area contributed by atoms with Gasteiger partial charge in [0.05, 0.1) is 23.3 Å². The van der Waals surface area contributed by atoms with E-state index in [4.69, 9.17) is 10.7 Å². The van der Waals surface area contributed by atoms with Crippen LogP contribution in [0, 0.1) is 23.2 Å². The van der Waals surface area contributed by atoms with Gasteiger partial charge in [0, 0.05) is 56.3 Å². The van der Waals surface area contributed by atoms with E-state index in [9.17, 15) is 14.0 Å². The zero-order chi connectivity index (χ0) is 29.9. The van der Waals surface area contributed by atoms with Crippen molar-refractivity contribution in [2.45, 2.75) is 57.5 Å². The fourth-order valence-corrected chi connectivity index (χ4v) is 8.97. The summed E-state index contributed by atoms with van der Waals surface area (Å²) >= 11 is 0. The Balaban J connectivity index is 1.03. The molecule has 2 aromatic rings. The Hall–Kier alpha value is -3.40. The van der Waals surface area contributed by atoms with Crippen molar-refractivity contribution in [3.05, 3.63) is 42.6 Å². The first kappa shape index (κ1) is 28.4. The molecule has 2 unspecified atom stereocenters. The molecular formula is C33H44FN7O2. The van der Waals surface area contributed by atoms with Gasteiger partial charge in [-0.2, -0.15) is 0 Å². The zero-order valence-electron chi connectivity index (χ0n) is 25.3. The van der Waals surface area contributed by atoms with Gasteiger partial charge in [-0.15, -0.1) is 0 Å². The third-order valence-corrected chi connectivity index (χ3v) is 11.2. The Morgan fingerprint density at radius 2 is 1.67 bits per heavy atom. The summed E-state index contributed by atoms with van der Waals surface area (Å²) in [6.07, 6.45) is 6.62. The number of piperazine rings is 1. The molecule has 0 radical (unpaired) electrons. The van der Waals surface area contributed by atoms with Crippen LogP contribution in [0.5, 0.6) is 0 Å². The average Bonchev–Trinajstić information content (AvgIpc) is 3.02. The van der Waals surface area contributed by atoms with Crippen molar-refractivity contribution in [1.82, 2.24) is 15.2 Å². The van der Waals surface area contributed by atoms with E-state index in [1.54, 1.807) is 0 Å². The normalized spacial score (nSPS) is 30.3. The van der Waals surface area contributed by atoms with Crippen molar-refractivity contribution in [2.75, 3.05) is 60.6 Å². The molecule has 43 heavy (non-hydrogen) atoms. The van der Waals surface area contributed by atoms with Crippen LogP contribution in [-0.2, 0) is 4.79 Å². The number of primary amides is 1. The third-order valence-electron chi connectivity index (χ3n) is 11.2. The highest BCUT2D eigenvalue weighted by molar-refractivity contribution is 5.98. The number of rotatable bonds is 6. The summed E-state index contributed by atoms with van der Waals surface area (Å²) in [5.74, 6) is 1.90. The molecule has 10 heteroatoms. The Labute approximate surface area is 253 Å². The van der Waals surface area contributed by atoms with Crippen LogP contribution in [0.3, 0.4) is 0 Å². The van der Waals surface area contributed by atoms with Crippen LogP contribution in [-0.4, -0.2) is 79.3 Å². The largest absolute Gasteiger partial charge is 0.369 e. The number of anilines is 4. The van der Waals surface area contributed by atoms with Gasteiger partial charge in [0.25, 0.3) is 0 Å². The topological polar surface area (TPSA) is 98.0 Å². The fraction of sp³-hybridized carbons (Fsp3) is 0.606. The lowest BCUT2D eigenvalue weighted by Gasteiger charge is -2.59. The van der Waals surface area contributed by atoms with E-state index < -0.39 is 5.54 Å². The number of aromatic nitrogens is 1. The molecule has 4 aliphatic carbocycles. The Kier molecular flexibility index (Phi) is 7.02. The van der Waals surface area contributed by atoms with E-state index in [-0.39, 0.29) is 30.1 Å². The van der Waals surface area contributed by atoms with Crippen molar-refractivity contribution in [3.63, 3.8) is 0 Å². The van der Waals surface area contributed by atoms with Crippen LogP contribution in [0.1, 0.15) is 46.0 Å². The van der Waals surface area contributed by atoms with E-state index in [2.05, 4.69) is 38.2 Å². The van der Waals surface area contributed by atoms with E-state index in [1.807, 2.05) is 43.1 Å². The van der Waals surface area contributed by atoms with Crippen molar-refractivity contribution in [3.8, 4) is 0 Å². The maximum absolute atomic E-state index is 13.8. The standard InChI is InChI=1S/C33H44FN7O2/c1-32(2,21-34)39-11-9-38(10-12-39)25-7-8-28(36-20-25)40-13-14-41(27-6-4-3-5-26(27)40)31(43)37-29-23-15-22-16-24(29)19-33(17-22,18-23)30(35)42/h3-8,20,22-24,29H,9-19,21H2,1-2H3,(H2,35,42)(H,37,43). The smallest absolute Gasteiger partial charge is 0.322 e. The molecule has 0 spiro atoms. The van der Waals surface area contributed by atoms with Gasteiger partial charge in [-0.3, -0.25) is 14.6 Å². The average molecular weight is 590 g/mol. The number of urea groups is 1. The van der Waals surface area contributed by atoms with Crippen molar-refractivity contribution in [1.29, 1.82) is 0 Å². The molecular weight excluding hydrogens is 545 g/mol. The van der Waals surface area contributed by atoms with Gasteiger partial charge >= 0.3 is 6.03 Å². The summed E-state index contributed by atoms with van der Waals surface area (Å²) in [5, 5.41) is 3.41. The summed E-state index contributed by atoms with van der Waals surface area (Å²) in [7, 11) is 0. The first-order valence-electron chi connectivity index (χ1n) is 15.9. The molecule has 230 valence electrons. The Morgan fingerprint density at radius 3 is 2.30 bits per heavy atom. The van der Waals surface area contributed by atoms with Crippen LogP contribution < -0.4 is 25.8 Å². The molecule has 4 saturated carbocycles. The van der Waals surface area contributed by atoms with Gasteiger partial charge in [0.1, 0.15) is 12.5 Å².